The summed E-state index contributed by atoms with van der Waals surface area (Å²) in [5.41, 5.74) is -0.602. The minimum absolute atomic E-state index is 0.602. The predicted octanol–water partition coefficient (Wildman–Crippen LogP) is 4.39. The Balaban J connectivity index is 0.000000364. The maximum Gasteiger partial charge on any atom is 0.643 e. The Bertz CT molecular complexity index is 247. The van der Waals surface area contributed by atoms with Crippen LogP contribution in [0.5, 0.6) is 0 Å². The van der Waals surface area contributed by atoms with Crippen LogP contribution < -0.4 is 0 Å². The first-order chi connectivity index (χ1) is 6.34. The maximum atomic E-state index is 11.8. The van der Waals surface area contributed by atoms with Gasteiger partial charge in [-0.25, -0.2) is 30.1 Å². The van der Waals surface area contributed by atoms with E-state index in [2.05, 4.69) is 0 Å². The second-order valence-electron chi connectivity index (χ2n) is 2.11. The van der Waals surface area contributed by atoms with Gasteiger partial charge in [-0.2, -0.15) is 13.2 Å². The molecule has 7 heteroatoms. The Morgan fingerprint density at radius 2 is 1.29 bits per heavy atom. The summed E-state index contributed by atoms with van der Waals surface area (Å²) in [4.78, 5) is 0. The molecule has 0 spiro atoms. The fourth-order valence-electron chi connectivity index (χ4n) is 0.627. The van der Waals surface area contributed by atoms with Gasteiger partial charge in [0, 0.05) is 0 Å². The number of hydrogen-bond acceptors (Lipinski definition) is 0. The molecule has 0 nitrogen and oxygen atoms in total. The third kappa shape index (κ3) is 7.78. The molecular weight excluding hydrogens is 274 g/mol. The summed E-state index contributed by atoms with van der Waals surface area (Å²) in [6, 6.07) is 6.36. The molecule has 0 saturated heterocycles. The third-order valence-corrected chi connectivity index (χ3v) is 1.10. The zero-order valence-electron chi connectivity index (χ0n) is 6.73. The van der Waals surface area contributed by atoms with E-state index < -0.39 is 23.1 Å². The van der Waals surface area contributed by atoms with Crippen molar-refractivity contribution in [2.24, 2.45) is 0 Å². The highest BCUT2D eigenvalue weighted by Crippen LogP contribution is 2.28. The van der Waals surface area contributed by atoms with Gasteiger partial charge < -0.3 is 0 Å². The molecule has 0 unspecified atom stereocenters. The molecule has 0 aliphatic carbocycles. The summed E-state index contributed by atoms with van der Waals surface area (Å²) in [6.07, 6.45) is -4.21. The summed E-state index contributed by atoms with van der Waals surface area (Å²) in [6.45, 7) is 0. The second kappa shape index (κ2) is 6.82. The first-order valence-electron chi connectivity index (χ1n) is 3.38. The fourth-order valence-corrected chi connectivity index (χ4v) is 0.627. The minimum atomic E-state index is -4.21. The lowest BCUT2D eigenvalue weighted by molar-refractivity contribution is -0.137. The Morgan fingerprint density at radius 1 is 0.929 bits per heavy atom. The number of hydrogen-bond donors (Lipinski definition) is 0. The second-order valence-corrected chi connectivity index (χ2v) is 8.54. The molecule has 1 aromatic carbocycles. The summed E-state index contributed by atoms with van der Waals surface area (Å²) in [5.74, 6) is 0. The van der Waals surface area contributed by atoms with Crippen molar-refractivity contribution in [2.75, 3.05) is 0 Å². The van der Waals surface area contributed by atoms with E-state index in [1.165, 1.54) is 12.1 Å². The topological polar surface area (TPSA) is 0 Å². The van der Waals surface area contributed by atoms with E-state index in [4.69, 9.17) is 30.1 Å². The molecule has 1 rings (SSSR count). The van der Waals surface area contributed by atoms with E-state index in [0.717, 1.165) is 12.1 Å². The van der Waals surface area contributed by atoms with Gasteiger partial charge in [0.2, 0.25) is 0 Å². The molecular formula is C7H5AlCl3F3. The van der Waals surface area contributed by atoms with Crippen molar-refractivity contribution in [1.29, 1.82) is 0 Å². The Morgan fingerprint density at radius 3 is 1.50 bits per heavy atom. The zero-order chi connectivity index (χ0) is 11.2. The van der Waals surface area contributed by atoms with Gasteiger partial charge >= 0.3 is 17.6 Å². The molecule has 0 radical (unpaired) electrons. The molecule has 1 aromatic rings. The highest BCUT2D eigenvalue weighted by molar-refractivity contribution is 7.54. The number of alkyl halides is 3. The van der Waals surface area contributed by atoms with Crippen molar-refractivity contribution in [3.8, 4) is 0 Å². The van der Waals surface area contributed by atoms with E-state index in [1.807, 2.05) is 0 Å². The minimum Gasteiger partial charge on any atom is -0.214 e. The van der Waals surface area contributed by atoms with Gasteiger partial charge in [0.05, 0.1) is 5.56 Å². The van der Waals surface area contributed by atoms with Crippen LogP contribution in [0.3, 0.4) is 0 Å². The molecule has 0 aromatic heterocycles. The SMILES string of the molecule is FC(F)(F)c1ccccc1.[Cl][Al]([Cl])[Cl]. The van der Waals surface area contributed by atoms with Crippen LogP contribution >= 0.6 is 30.1 Å². The van der Waals surface area contributed by atoms with Crippen LogP contribution in [0, 0.1) is 0 Å². The largest absolute Gasteiger partial charge is 0.643 e. The van der Waals surface area contributed by atoms with E-state index in [1.54, 1.807) is 6.07 Å². The number of rotatable bonds is 0. The van der Waals surface area contributed by atoms with Crippen LogP contribution in [0.2, 0.25) is 0 Å². The van der Waals surface area contributed by atoms with Crippen molar-refractivity contribution in [3.05, 3.63) is 35.9 Å². The lowest BCUT2D eigenvalue weighted by atomic mass is 10.2. The van der Waals surface area contributed by atoms with E-state index in [9.17, 15) is 13.2 Å². The molecule has 0 amide bonds. The molecule has 0 heterocycles. The summed E-state index contributed by atoms with van der Waals surface area (Å²) in [7, 11) is 14.8. The summed E-state index contributed by atoms with van der Waals surface area (Å²) in [5, 5.41) is 0. The van der Waals surface area contributed by atoms with Gasteiger partial charge in [-0.3, -0.25) is 0 Å². The lowest BCUT2D eigenvalue weighted by Gasteiger charge is -2.03. The lowest BCUT2D eigenvalue weighted by Crippen LogP contribution is -2.03. The van der Waals surface area contributed by atoms with Gasteiger partial charge in [-0.1, -0.05) is 30.3 Å². The third-order valence-electron chi connectivity index (χ3n) is 1.10. The van der Waals surface area contributed by atoms with Crippen molar-refractivity contribution < 1.29 is 13.2 Å². The van der Waals surface area contributed by atoms with Gasteiger partial charge in [0.25, 0.3) is 0 Å². The van der Waals surface area contributed by atoms with Crippen molar-refractivity contribution >= 4 is 41.5 Å². The van der Waals surface area contributed by atoms with Crippen LogP contribution in [-0.4, -0.2) is 11.4 Å². The molecule has 0 saturated carbocycles. The highest BCUT2D eigenvalue weighted by atomic mass is 35.8. The van der Waals surface area contributed by atoms with Crippen LogP contribution in [0.25, 0.3) is 0 Å². The summed E-state index contributed by atoms with van der Waals surface area (Å²) < 4.78 is 35.4. The average Bonchev–Trinajstić information content (AvgIpc) is 2.03. The standard InChI is InChI=1S/C7H5F3.Al.3ClH/c8-7(9,10)6-4-2-1-3-5-6;;;;/h1-5H;;3*1H/q;+3;;;/p-3. The van der Waals surface area contributed by atoms with Gasteiger partial charge in [-0.15, -0.1) is 0 Å². The highest BCUT2D eigenvalue weighted by Gasteiger charge is 2.29. The first-order valence-corrected chi connectivity index (χ1v) is 8.62. The quantitative estimate of drug-likeness (QED) is 0.618. The number of benzene rings is 1. The van der Waals surface area contributed by atoms with Crippen molar-refractivity contribution in [1.82, 2.24) is 0 Å². The average molecular weight is 279 g/mol. The molecule has 0 atom stereocenters. The molecule has 0 aliphatic heterocycles. The Kier molecular flexibility index (Phi) is 7.02. The molecule has 78 valence electrons. The van der Waals surface area contributed by atoms with Crippen molar-refractivity contribution in [3.63, 3.8) is 0 Å². The monoisotopic (exact) mass is 278 g/mol. The Labute approximate surface area is 96.6 Å². The smallest absolute Gasteiger partial charge is 0.214 e. The molecule has 14 heavy (non-hydrogen) atoms. The molecule has 0 N–H and O–H groups in total. The van der Waals surface area contributed by atoms with E-state index >= 15 is 0 Å². The number of halogens is 6. The zero-order valence-corrected chi connectivity index (χ0v) is 10.2. The van der Waals surface area contributed by atoms with Gasteiger partial charge in [0.1, 0.15) is 0 Å². The van der Waals surface area contributed by atoms with Crippen LogP contribution in [0.15, 0.2) is 30.3 Å². The van der Waals surface area contributed by atoms with E-state index in [0.29, 0.717) is 0 Å². The van der Waals surface area contributed by atoms with Gasteiger partial charge in [-0.05, 0) is 0 Å². The predicted molar refractivity (Wildman–Crippen MR) is 54.8 cm³/mol. The van der Waals surface area contributed by atoms with E-state index in [-0.39, 0.29) is 0 Å². The molecule has 0 bridgehead atoms. The van der Waals surface area contributed by atoms with Crippen molar-refractivity contribution in [2.45, 2.75) is 6.18 Å². The molecule has 0 aliphatic rings. The normalized spacial score (nSPS) is 10.1. The maximum absolute atomic E-state index is 11.8. The Hall–Kier alpha value is 0.412. The summed E-state index contributed by atoms with van der Waals surface area (Å²) >= 11 is -1.72. The fraction of sp³-hybridized carbons (Fsp3) is 0.143. The van der Waals surface area contributed by atoms with Crippen LogP contribution in [0.1, 0.15) is 5.56 Å². The van der Waals surface area contributed by atoms with Crippen LogP contribution in [0.4, 0.5) is 13.2 Å². The first kappa shape index (κ1) is 14.4. The molecule has 0 fully saturated rings. The van der Waals surface area contributed by atoms with Gasteiger partial charge in [0.15, 0.2) is 0 Å². The van der Waals surface area contributed by atoms with Crippen LogP contribution in [-0.2, 0) is 6.18 Å².